The smallest absolute Gasteiger partial charge is 0.241 e. The Morgan fingerprint density at radius 1 is 1.43 bits per heavy atom. The second kappa shape index (κ2) is 6.09. The van der Waals surface area contributed by atoms with E-state index in [9.17, 15) is 13.2 Å². The van der Waals surface area contributed by atoms with Crippen molar-refractivity contribution in [3.8, 4) is 0 Å². The van der Waals surface area contributed by atoms with E-state index in [0.717, 1.165) is 18.4 Å². The number of amides is 1. The van der Waals surface area contributed by atoms with Gasteiger partial charge < -0.3 is 4.90 Å². The topological polar surface area (TPSA) is 105 Å². The number of benzene rings is 1. The largest absolute Gasteiger partial charge is 0.312 e. The summed E-state index contributed by atoms with van der Waals surface area (Å²) < 4.78 is 31.6. The van der Waals surface area contributed by atoms with E-state index in [0.29, 0.717) is 17.9 Å². The molecule has 1 aliphatic heterocycles. The van der Waals surface area contributed by atoms with Gasteiger partial charge in [-0.15, -0.1) is 0 Å². The zero-order valence-electron chi connectivity index (χ0n) is 12.5. The van der Waals surface area contributed by atoms with Gasteiger partial charge in [-0.25, -0.2) is 17.8 Å². The predicted molar refractivity (Wildman–Crippen MR) is 81.1 cm³/mol. The van der Waals surface area contributed by atoms with Gasteiger partial charge in [0.05, 0.1) is 17.6 Å². The molecule has 0 spiro atoms. The lowest BCUT2D eigenvalue weighted by Crippen LogP contribution is -2.34. The number of nitrogens with one attached hydrogen (secondary N) is 1. The number of hydrogen-bond donors (Lipinski definition) is 1. The fraction of sp³-hybridized carbons (Fsp3) is 0.357. The van der Waals surface area contributed by atoms with Crippen molar-refractivity contribution in [1.82, 2.24) is 15.0 Å². The number of sulfonamides is 1. The Kier molecular flexibility index (Phi) is 4.14. The number of nitrogens with zero attached hydrogens (tertiary/aromatic N) is 3. The van der Waals surface area contributed by atoms with Crippen molar-refractivity contribution in [2.24, 2.45) is 0 Å². The summed E-state index contributed by atoms with van der Waals surface area (Å²) in [6.45, 7) is 2.06. The number of anilines is 1. The van der Waals surface area contributed by atoms with E-state index >= 15 is 0 Å². The minimum atomic E-state index is -3.72. The lowest BCUT2D eigenvalue weighted by atomic mass is 10.0. The van der Waals surface area contributed by atoms with E-state index in [-0.39, 0.29) is 17.3 Å². The van der Waals surface area contributed by atoms with Crippen LogP contribution in [0, 0.1) is 0 Å². The molecule has 1 N–H and O–H groups in total. The van der Waals surface area contributed by atoms with Crippen LogP contribution in [0.15, 0.2) is 33.9 Å². The summed E-state index contributed by atoms with van der Waals surface area (Å²) in [6.07, 6.45) is 3.04. The molecule has 9 heteroatoms. The van der Waals surface area contributed by atoms with Crippen molar-refractivity contribution in [2.45, 2.75) is 31.2 Å². The van der Waals surface area contributed by atoms with Gasteiger partial charge in [-0.3, -0.25) is 4.79 Å². The van der Waals surface area contributed by atoms with Crippen LogP contribution >= 0.6 is 0 Å². The van der Waals surface area contributed by atoms with Crippen LogP contribution in [0.25, 0.3) is 0 Å². The molecule has 1 aliphatic rings. The lowest BCUT2D eigenvalue weighted by molar-refractivity contribution is -0.116. The highest BCUT2D eigenvalue weighted by Gasteiger charge is 2.23. The maximum atomic E-state index is 12.4. The SMILES string of the molecule is CC(=O)N1CCCc2ccc(S(=O)(=O)NCc3cnon3)cc21. The molecular weight excluding hydrogens is 320 g/mol. The van der Waals surface area contributed by atoms with E-state index < -0.39 is 10.0 Å². The van der Waals surface area contributed by atoms with Crippen molar-refractivity contribution in [3.05, 3.63) is 35.7 Å². The predicted octanol–water partition coefficient (Wildman–Crippen LogP) is 0.847. The number of hydrogen-bond acceptors (Lipinski definition) is 6. The summed E-state index contributed by atoms with van der Waals surface area (Å²) in [5.74, 6) is -0.0953. The monoisotopic (exact) mass is 336 g/mol. The number of rotatable bonds is 4. The molecule has 0 radical (unpaired) electrons. The lowest BCUT2D eigenvalue weighted by Gasteiger charge is -2.29. The highest BCUT2D eigenvalue weighted by atomic mass is 32.2. The van der Waals surface area contributed by atoms with Gasteiger partial charge in [0.1, 0.15) is 5.69 Å². The minimum Gasteiger partial charge on any atom is -0.312 e. The average Bonchev–Trinajstić information content (AvgIpc) is 3.05. The van der Waals surface area contributed by atoms with Crippen LogP contribution in [0.5, 0.6) is 0 Å². The Morgan fingerprint density at radius 2 is 2.26 bits per heavy atom. The summed E-state index contributed by atoms with van der Waals surface area (Å²) in [5.41, 5.74) is 2.03. The minimum absolute atomic E-state index is 0.0145. The maximum absolute atomic E-state index is 12.4. The number of carbonyl (C=O) groups is 1. The van der Waals surface area contributed by atoms with E-state index in [1.165, 1.54) is 13.1 Å². The summed E-state index contributed by atoms with van der Waals surface area (Å²) in [5, 5.41) is 6.97. The Balaban J connectivity index is 1.88. The van der Waals surface area contributed by atoms with Gasteiger partial charge in [-0.1, -0.05) is 16.4 Å². The average molecular weight is 336 g/mol. The highest BCUT2D eigenvalue weighted by molar-refractivity contribution is 7.89. The van der Waals surface area contributed by atoms with E-state index in [1.807, 2.05) is 0 Å². The number of aryl methyl sites for hydroxylation is 1. The Morgan fingerprint density at radius 3 is 2.96 bits per heavy atom. The first-order chi connectivity index (χ1) is 11.0. The third-order valence-electron chi connectivity index (χ3n) is 3.72. The van der Waals surface area contributed by atoms with Crippen molar-refractivity contribution in [3.63, 3.8) is 0 Å². The summed E-state index contributed by atoms with van der Waals surface area (Å²) in [4.78, 5) is 13.5. The summed E-state index contributed by atoms with van der Waals surface area (Å²) in [7, 11) is -3.72. The van der Waals surface area contributed by atoms with Crippen LogP contribution in [-0.4, -0.2) is 31.2 Å². The van der Waals surface area contributed by atoms with Crippen LogP contribution in [0.3, 0.4) is 0 Å². The van der Waals surface area contributed by atoms with Gasteiger partial charge >= 0.3 is 0 Å². The molecule has 0 aliphatic carbocycles. The normalized spacial score (nSPS) is 14.6. The van der Waals surface area contributed by atoms with E-state index in [2.05, 4.69) is 19.7 Å². The van der Waals surface area contributed by atoms with Gasteiger partial charge in [-0.05, 0) is 30.5 Å². The molecule has 1 amide bonds. The molecule has 2 aromatic rings. The molecule has 122 valence electrons. The molecular formula is C14H16N4O4S. The standard InChI is InChI=1S/C14H16N4O4S/c1-10(19)18-6-2-3-11-4-5-13(7-14(11)18)23(20,21)16-9-12-8-15-22-17-12/h4-5,7-8,16H,2-3,6,9H2,1H3. The molecule has 3 rings (SSSR count). The second-order valence-corrected chi connectivity index (χ2v) is 7.06. The fourth-order valence-electron chi connectivity index (χ4n) is 2.56. The molecule has 0 unspecified atom stereocenters. The third kappa shape index (κ3) is 3.25. The Labute approximate surface area is 133 Å². The molecule has 0 saturated heterocycles. The molecule has 0 atom stereocenters. The maximum Gasteiger partial charge on any atom is 0.241 e. The molecule has 0 bridgehead atoms. The Hall–Kier alpha value is -2.26. The van der Waals surface area contributed by atoms with Gasteiger partial charge in [0, 0.05) is 19.2 Å². The van der Waals surface area contributed by atoms with E-state index in [1.54, 1.807) is 23.1 Å². The van der Waals surface area contributed by atoms with Crippen molar-refractivity contribution in [1.29, 1.82) is 0 Å². The van der Waals surface area contributed by atoms with Gasteiger partial charge in [0.25, 0.3) is 0 Å². The van der Waals surface area contributed by atoms with Gasteiger partial charge in [0.2, 0.25) is 15.9 Å². The quantitative estimate of drug-likeness (QED) is 0.887. The van der Waals surface area contributed by atoms with Crippen molar-refractivity contribution in [2.75, 3.05) is 11.4 Å². The molecule has 23 heavy (non-hydrogen) atoms. The molecule has 1 aromatic carbocycles. The molecule has 8 nitrogen and oxygen atoms in total. The first-order valence-electron chi connectivity index (χ1n) is 7.14. The molecule has 0 fully saturated rings. The number of carbonyl (C=O) groups excluding carboxylic acids is 1. The summed E-state index contributed by atoms with van der Waals surface area (Å²) >= 11 is 0. The molecule has 1 aromatic heterocycles. The highest BCUT2D eigenvalue weighted by Crippen LogP contribution is 2.29. The first-order valence-corrected chi connectivity index (χ1v) is 8.63. The first kappa shape index (κ1) is 15.6. The van der Waals surface area contributed by atoms with Crippen molar-refractivity contribution < 1.29 is 17.8 Å². The van der Waals surface area contributed by atoms with Crippen LogP contribution in [0.4, 0.5) is 5.69 Å². The zero-order valence-corrected chi connectivity index (χ0v) is 13.3. The zero-order chi connectivity index (χ0) is 16.4. The summed E-state index contributed by atoms with van der Waals surface area (Å²) in [6, 6.07) is 4.85. The molecule has 2 heterocycles. The van der Waals surface area contributed by atoms with Crippen LogP contribution in [-0.2, 0) is 27.8 Å². The van der Waals surface area contributed by atoms with Gasteiger partial charge in [-0.2, -0.15) is 0 Å². The van der Waals surface area contributed by atoms with Crippen LogP contribution < -0.4 is 9.62 Å². The van der Waals surface area contributed by atoms with Crippen molar-refractivity contribution >= 4 is 21.6 Å². The van der Waals surface area contributed by atoms with E-state index in [4.69, 9.17) is 0 Å². The molecule has 0 saturated carbocycles. The third-order valence-corrected chi connectivity index (χ3v) is 5.11. The van der Waals surface area contributed by atoms with Gasteiger partial charge in [0.15, 0.2) is 0 Å². The number of aromatic nitrogens is 2. The second-order valence-electron chi connectivity index (χ2n) is 5.29. The number of fused-ring (bicyclic) bond motifs is 1. The fourth-order valence-corrected chi connectivity index (χ4v) is 3.58. The van der Waals surface area contributed by atoms with Crippen LogP contribution in [0.1, 0.15) is 24.6 Å². The van der Waals surface area contributed by atoms with Crippen LogP contribution in [0.2, 0.25) is 0 Å². The Bertz CT molecular complexity index is 817.